The van der Waals surface area contributed by atoms with E-state index in [1.807, 2.05) is 12.1 Å². The molecule has 0 fully saturated rings. The second kappa shape index (κ2) is 5.09. The maximum absolute atomic E-state index is 5.99. The lowest BCUT2D eigenvalue weighted by Gasteiger charge is -2.26. The van der Waals surface area contributed by atoms with Gasteiger partial charge in [0.25, 0.3) is 0 Å². The molecule has 2 nitrogen and oxygen atoms in total. The van der Waals surface area contributed by atoms with Crippen molar-refractivity contribution in [1.29, 1.82) is 0 Å². The van der Waals surface area contributed by atoms with Gasteiger partial charge in [0.15, 0.2) is 0 Å². The van der Waals surface area contributed by atoms with Gasteiger partial charge in [-0.2, -0.15) is 0 Å². The normalized spacial score (nSPS) is 11.6. The van der Waals surface area contributed by atoms with Gasteiger partial charge in [0.2, 0.25) is 0 Å². The van der Waals surface area contributed by atoms with E-state index in [1.54, 1.807) is 0 Å². The first-order valence-corrected chi connectivity index (χ1v) is 6.35. The summed E-state index contributed by atoms with van der Waals surface area (Å²) in [6.07, 6.45) is 1.15. The predicted molar refractivity (Wildman–Crippen MR) is 75.9 cm³/mol. The fourth-order valence-electron chi connectivity index (χ4n) is 1.50. The summed E-state index contributed by atoms with van der Waals surface area (Å²) in [5.41, 5.74) is 8.28. The van der Waals surface area contributed by atoms with E-state index >= 15 is 0 Å². The third kappa shape index (κ3) is 4.05. The van der Waals surface area contributed by atoms with Crippen molar-refractivity contribution in [2.24, 2.45) is 5.41 Å². The summed E-state index contributed by atoms with van der Waals surface area (Å²) in [4.78, 5) is 2.22. The molecule has 1 aromatic carbocycles. The van der Waals surface area contributed by atoms with Crippen LogP contribution in [-0.2, 0) is 0 Å². The summed E-state index contributed by atoms with van der Waals surface area (Å²) in [6, 6.07) is 6.03. The monoisotopic (exact) mass is 284 g/mol. The Hall–Kier alpha value is -0.700. The van der Waals surface area contributed by atoms with Crippen LogP contribution in [0.25, 0.3) is 0 Å². The second-order valence-electron chi connectivity index (χ2n) is 5.44. The number of hydrogen-bond donors (Lipinski definition) is 1. The molecule has 0 radical (unpaired) electrons. The summed E-state index contributed by atoms with van der Waals surface area (Å²) >= 11 is 3.42. The zero-order chi connectivity index (χ0) is 12.3. The molecular weight excluding hydrogens is 264 g/mol. The van der Waals surface area contributed by atoms with Crippen LogP contribution in [-0.4, -0.2) is 13.6 Å². The second-order valence-corrected chi connectivity index (χ2v) is 6.35. The molecule has 0 unspecified atom stereocenters. The van der Waals surface area contributed by atoms with E-state index < -0.39 is 0 Å². The maximum Gasteiger partial charge on any atom is 0.0598 e. The fraction of sp³-hybridized carbons (Fsp3) is 0.538. The summed E-state index contributed by atoms with van der Waals surface area (Å²) < 4.78 is 1.03. The van der Waals surface area contributed by atoms with Crippen molar-refractivity contribution in [3.63, 3.8) is 0 Å². The Morgan fingerprint density at radius 2 is 1.94 bits per heavy atom. The quantitative estimate of drug-likeness (QED) is 0.853. The number of nitrogen functional groups attached to an aromatic ring is 1. The SMILES string of the molecule is CN(CCC(C)(C)C)c1ccc(Br)cc1N. The van der Waals surface area contributed by atoms with Crippen LogP contribution in [0.15, 0.2) is 22.7 Å². The summed E-state index contributed by atoms with van der Waals surface area (Å²) in [7, 11) is 2.09. The van der Waals surface area contributed by atoms with Crippen LogP contribution in [0, 0.1) is 5.41 Å². The molecule has 0 aliphatic rings. The molecule has 0 heterocycles. The average Bonchev–Trinajstić information content (AvgIpc) is 2.13. The number of halogens is 1. The van der Waals surface area contributed by atoms with Gasteiger partial charge in [0.1, 0.15) is 0 Å². The lowest BCUT2D eigenvalue weighted by molar-refractivity contribution is 0.382. The van der Waals surface area contributed by atoms with Crippen LogP contribution in [0.2, 0.25) is 0 Å². The molecule has 2 N–H and O–H groups in total. The molecule has 16 heavy (non-hydrogen) atoms. The van der Waals surface area contributed by atoms with Gasteiger partial charge >= 0.3 is 0 Å². The molecule has 0 atom stereocenters. The van der Waals surface area contributed by atoms with E-state index in [-0.39, 0.29) is 0 Å². The van der Waals surface area contributed by atoms with Crippen molar-refractivity contribution in [2.75, 3.05) is 24.2 Å². The third-order valence-electron chi connectivity index (χ3n) is 2.60. The molecule has 0 spiro atoms. The number of rotatable bonds is 3. The van der Waals surface area contributed by atoms with Gasteiger partial charge in [0.05, 0.1) is 11.4 Å². The van der Waals surface area contributed by atoms with Crippen LogP contribution in [0.3, 0.4) is 0 Å². The highest BCUT2D eigenvalue weighted by molar-refractivity contribution is 9.10. The van der Waals surface area contributed by atoms with Gasteiger partial charge in [-0.05, 0) is 30.0 Å². The Labute approximate surface area is 107 Å². The standard InChI is InChI=1S/C13H21BrN2/c1-13(2,3)7-8-16(4)12-6-5-10(14)9-11(12)15/h5-6,9H,7-8,15H2,1-4H3. The van der Waals surface area contributed by atoms with Crippen molar-refractivity contribution < 1.29 is 0 Å². The summed E-state index contributed by atoms with van der Waals surface area (Å²) in [6.45, 7) is 7.79. The molecule has 0 aliphatic carbocycles. The highest BCUT2D eigenvalue weighted by Crippen LogP contribution is 2.27. The Balaban J connectivity index is 2.70. The molecule has 0 bridgehead atoms. The molecule has 1 aromatic rings. The first kappa shape index (κ1) is 13.4. The van der Waals surface area contributed by atoms with Crippen LogP contribution in [0.5, 0.6) is 0 Å². The summed E-state index contributed by atoms with van der Waals surface area (Å²) in [5, 5.41) is 0. The predicted octanol–water partition coefficient (Wildman–Crippen LogP) is 3.90. The molecular formula is C13H21BrN2. The van der Waals surface area contributed by atoms with E-state index in [0.29, 0.717) is 5.41 Å². The Bertz CT molecular complexity index is 355. The van der Waals surface area contributed by atoms with Crippen LogP contribution in [0.4, 0.5) is 11.4 Å². The minimum absolute atomic E-state index is 0.360. The van der Waals surface area contributed by atoms with Crippen LogP contribution in [0.1, 0.15) is 27.2 Å². The van der Waals surface area contributed by atoms with Gasteiger partial charge in [0, 0.05) is 18.1 Å². The first-order valence-electron chi connectivity index (χ1n) is 5.56. The Morgan fingerprint density at radius 3 is 2.44 bits per heavy atom. The van der Waals surface area contributed by atoms with Crippen molar-refractivity contribution in [1.82, 2.24) is 0 Å². The smallest absolute Gasteiger partial charge is 0.0598 e. The summed E-state index contributed by atoms with van der Waals surface area (Å²) in [5.74, 6) is 0. The lowest BCUT2D eigenvalue weighted by Crippen LogP contribution is -2.23. The van der Waals surface area contributed by atoms with Crippen LogP contribution < -0.4 is 10.6 Å². The van der Waals surface area contributed by atoms with Gasteiger partial charge < -0.3 is 10.6 Å². The van der Waals surface area contributed by atoms with Gasteiger partial charge in [-0.15, -0.1) is 0 Å². The third-order valence-corrected chi connectivity index (χ3v) is 3.09. The maximum atomic E-state index is 5.99. The Morgan fingerprint density at radius 1 is 1.31 bits per heavy atom. The van der Waals surface area contributed by atoms with Crippen molar-refractivity contribution >= 4 is 27.3 Å². The molecule has 90 valence electrons. The molecule has 0 saturated carbocycles. The topological polar surface area (TPSA) is 29.3 Å². The molecule has 0 aliphatic heterocycles. The Kier molecular flexibility index (Phi) is 4.25. The highest BCUT2D eigenvalue weighted by atomic mass is 79.9. The zero-order valence-corrected chi connectivity index (χ0v) is 12.1. The minimum Gasteiger partial charge on any atom is -0.397 e. The van der Waals surface area contributed by atoms with Crippen molar-refractivity contribution in [3.05, 3.63) is 22.7 Å². The van der Waals surface area contributed by atoms with Crippen LogP contribution >= 0.6 is 15.9 Å². The number of hydrogen-bond acceptors (Lipinski definition) is 2. The molecule has 0 aromatic heterocycles. The van der Waals surface area contributed by atoms with Crippen molar-refractivity contribution in [2.45, 2.75) is 27.2 Å². The average molecular weight is 285 g/mol. The molecule has 3 heteroatoms. The largest absolute Gasteiger partial charge is 0.397 e. The number of nitrogens with two attached hydrogens (primary N) is 1. The van der Waals surface area contributed by atoms with E-state index in [0.717, 1.165) is 28.8 Å². The minimum atomic E-state index is 0.360. The van der Waals surface area contributed by atoms with E-state index in [4.69, 9.17) is 5.73 Å². The van der Waals surface area contributed by atoms with Crippen molar-refractivity contribution in [3.8, 4) is 0 Å². The van der Waals surface area contributed by atoms with Gasteiger partial charge in [-0.25, -0.2) is 0 Å². The fourth-order valence-corrected chi connectivity index (χ4v) is 1.88. The number of anilines is 2. The number of benzene rings is 1. The van der Waals surface area contributed by atoms with E-state index in [9.17, 15) is 0 Å². The lowest BCUT2D eigenvalue weighted by atomic mass is 9.92. The van der Waals surface area contributed by atoms with Gasteiger partial charge in [-0.1, -0.05) is 36.7 Å². The van der Waals surface area contributed by atoms with Gasteiger partial charge in [-0.3, -0.25) is 0 Å². The van der Waals surface area contributed by atoms with E-state index in [1.165, 1.54) is 0 Å². The molecule has 1 rings (SSSR count). The first-order chi connectivity index (χ1) is 7.29. The molecule has 0 saturated heterocycles. The zero-order valence-electron chi connectivity index (χ0n) is 10.5. The van der Waals surface area contributed by atoms with E-state index in [2.05, 4.69) is 54.7 Å². The highest BCUT2D eigenvalue weighted by Gasteiger charge is 2.12. The molecule has 0 amide bonds. The number of nitrogens with zero attached hydrogens (tertiary/aromatic N) is 1.